The van der Waals surface area contributed by atoms with Crippen molar-refractivity contribution in [3.05, 3.63) is 118 Å². The molecule has 4 aliphatic rings. The summed E-state index contributed by atoms with van der Waals surface area (Å²) in [7, 11) is 0. The van der Waals surface area contributed by atoms with Crippen molar-refractivity contribution in [2.24, 2.45) is 11.8 Å². The maximum absolute atomic E-state index is 12.2. The smallest absolute Gasteiger partial charge is 0.190 e. The molecule has 0 aromatic heterocycles. The molecule has 0 N–H and O–H groups in total. The predicted molar refractivity (Wildman–Crippen MR) is 122 cm³/mol. The van der Waals surface area contributed by atoms with Crippen LogP contribution in [0.5, 0.6) is 0 Å². The molecule has 4 aliphatic carbocycles. The summed E-state index contributed by atoms with van der Waals surface area (Å²) < 4.78 is 0. The summed E-state index contributed by atoms with van der Waals surface area (Å²) in [4.78, 5) is 72.0. The molecular formula is C28H16NiO6. The van der Waals surface area contributed by atoms with E-state index in [9.17, 15) is 28.8 Å². The van der Waals surface area contributed by atoms with E-state index in [0.29, 0.717) is 33.4 Å². The van der Waals surface area contributed by atoms with E-state index < -0.39 is 11.8 Å². The van der Waals surface area contributed by atoms with Gasteiger partial charge in [0.15, 0.2) is 34.7 Å². The molecule has 174 valence electrons. The Hall–Kier alpha value is -4.09. The number of carbonyl (C=O) groups excluding carboxylic acids is 6. The molecule has 6 rings (SSSR count). The van der Waals surface area contributed by atoms with E-state index in [1.165, 1.54) is 24.3 Å². The first-order chi connectivity index (χ1) is 16.4. The van der Waals surface area contributed by atoms with Gasteiger partial charge in [0.1, 0.15) is 11.8 Å². The van der Waals surface area contributed by atoms with Crippen LogP contribution in [0.4, 0.5) is 0 Å². The van der Waals surface area contributed by atoms with Gasteiger partial charge in [-0.05, 0) is 12.2 Å². The quantitative estimate of drug-likeness (QED) is 0.400. The molecule has 0 saturated heterocycles. The van der Waals surface area contributed by atoms with Crippen molar-refractivity contribution in [3.8, 4) is 0 Å². The third-order valence-electron chi connectivity index (χ3n) is 6.19. The maximum Gasteiger partial charge on any atom is 0.190 e. The standard InChI is InChI=1S/2C14H8O3.Ni/c2*15-11-7-3-6-10-12(11)14(17)9-5-2-1-4-8(9)13(10)16;/h2*1-7,12H;. The number of rotatable bonds is 0. The van der Waals surface area contributed by atoms with Gasteiger partial charge in [0.05, 0.1) is 0 Å². The van der Waals surface area contributed by atoms with Crippen molar-refractivity contribution < 1.29 is 45.3 Å². The number of hydrogen-bond donors (Lipinski definition) is 0. The SMILES string of the molecule is O=C1C2=CC=CC(=O)C2C(=O)c2ccccc21.O=C1C2=CC=CC(=O)C2C(=O)c2ccccc21.[Ni]. The van der Waals surface area contributed by atoms with Crippen LogP contribution in [0.2, 0.25) is 0 Å². The molecule has 0 aliphatic heterocycles. The van der Waals surface area contributed by atoms with Crippen LogP contribution < -0.4 is 0 Å². The van der Waals surface area contributed by atoms with Crippen LogP contribution >= 0.6 is 0 Å². The predicted octanol–water partition coefficient (Wildman–Crippen LogP) is 3.49. The van der Waals surface area contributed by atoms with Crippen molar-refractivity contribution in [3.63, 3.8) is 0 Å². The van der Waals surface area contributed by atoms with Gasteiger partial charge in [-0.1, -0.05) is 72.8 Å². The van der Waals surface area contributed by atoms with E-state index in [2.05, 4.69) is 0 Å². The van der Waals surface area contributed by atoms with Crippen molar-refractivity contribution >= 4 is 34.7 Å². The number of allylic oxidation sites excluding steroid dienone is 8. The van der Waals surface area contributed by atoms with Crippen molar-refractivity contribution in [1.82, 2.24) is 0 Å². The van der Waals surface area contributed by atoms with Crippen LogP contribution in [-0.4, -0.2) is 34.7 Å². The van der Waals surface area contributed by atoms with Crippen LogP contribution in [0.1, 0.15) is 41.4 Å². The second-order valence-electron chi connectivity index (χ2n) is 8.11. The summed E-state index contributed by atoms with van der Waals surface area (Å²) in [5.74, 6) is -3.47. The first-order valence-electron chi connectivity index (χ1n) is 10.6. The van der Waals surface area contributed by atoms with Crippen molar-refractivity contribution in [2.75, 3.05) is 0 Å². The molecule has 0 bridgehead atoms. The molecule has 0 heterocycles. The van der Waals surface area contributed by atoms with Gasteiger partial charge in [-0.15, -0.1) is 0 Å². The molecule has 2 aromatic rings. The Labute approximate surface area is 210 Å². The summed E-state index contributed by atoms with van der Waals surface area (Å²) in [6.07, 6.45) is 8.84. The van der Waals surface area contributed by atoms with Gasteiger partial charge in [-0.25, -0.2) is 0 Å². The Bertz CT molecular complexity index is 1360. The van der Waals surface area contributed by atoms with Gasteiger partial charge in [-0.3, -0.25) is 28.8 Å². The molecule has 7 heteroatoms. The van der Waals surface area contributed by atoms with Crippen molar-refractivity contribution in [1.29, 1.82) is 0 Å². The van der Waals surface area contributed by atoms with E-state index in [1.54, 1.807) is 60.7 Å². The fourth-order valence-electron chi connectivity index (χ4n) is 4.55. The average Bonchev–Trinajstić information content (AvgIpc) is 2.86. The van der Waals surface area contributed by atoms with Gasteiger partial charge < -0.3 is 0 Å². The van der Waals surface area contributed by atoms with Crippen LogP contribution in [-0.2, 0) is 26.1 Å². The molecule has 0 saturated carbocycles. The number of ketones is 6. The van der Waals surface area contributed by atoms with Gasteiger partial charge >= 0.3 is 0 Å². The zero-order valence-corrected chi connectivity index (χ0v) is 19.0. The van der Waals surface area contributed by atoms with E-state index in [0.717, 1.165) is 0 Å². The average molecular weight is 507 g/mol. The zero-order valence-electron chi connectivity index (χ0n) is 18.0. The molecule has 35 heavy (non-hydrogen) atoms. The Kier molecular flexibility index (Phi) is 6.38. The van der Waals surface area contributed by atoms with Crippen molar-refractivity contribution in [2.45, 2.75) is 0 Å². The number of benzene rings is 2. The summed E-state index contributed by atoms with van der Waals surface area (Å²) >= 11 is 0. The summed E-state index contributed by atoms with van der Waals surface area (Å²) in [6.45, 7) is 0. The Morgan fingerprint density at radius 3 is 1.20 bits per heavy atom. The molecular weight excluding hydrogens is 491 g/mol. The minimum Gasteiger partial charge on any atom is -0.294 e. The second-order valence-corrected chi connectivity index (χ2v) is 8.11. The number of fused-ring (bicyclic) bond motifs is 4. The topological polar surface area (TPSA) is 102 Å². The van der Waals surface area contributed by atoms with Crippen LogP contribution in [0.25, 0.3) is 0 Å². The first-order valence-corrected chi connectivity index (χ1v) is 10.6. The first kappa shape index (κ1) is 24.1. The molecule has 6 nitrogen and oxygen atoms in total. The second kappa shape index (κ2) is 9.28. The molecule has 2 unspecified atom stereocenters. The Morgan fingerprint density at radius 2 is 0.829 bits per heavy atom. The molecule has 2 atom stereocenters. The largest absolute Gasteiger partial charge is 0.294 e. The molecule has 0 fully saturated rings. The Balaban J connectivity index is 0.000000160. The van der Waals surface area contributed by atoms with Gasteiger partial charge in [0, 0.05) is 49.9 Å². The van der Waals surface area contributed by atoms with E-state index in [-0.39, 0.29) is 51.2 Å². The van der Waals surface area contributed by atoms with Gasteiger partial charge in [0.25, 0.3) is 0 Å². The summed E-state index contributed by atoms with van der Waals surface area (Å²) in [5.41, 5.74) is 2.07. The minimum atomic E-state index is -0.928. The zero-order chi connectivity index (χ0) is 24.0. The summed E-state index contributed by atoms with van der Waals surface area (Å²) in [5, 5.41) is 0. The normalized spacial score (nSPS) is 21.4. The number of hydrogen-bond acceptors (Lipinski definition) is 6. The summed E-state index contributed by atoms with van der Waals surface area (Å²) in [6, 6.07) is 13.3. The molecule has 0 radical (unpaired) electrons. The van der Waals surface area contributed by atoms with Gasteiger partial charge in [0.2, 0.25) is 0 Å². The fraction of sp³-hybridized carbons (Fsp3) is 0.0714. The molecule has 0 spiro atoms. The van der Waals surface area contributed by atoms with Crippen LogP contribution in [0.15, 0.2) is 96.1 Å². The van der Waals surface area contributed by atoms with Gasteiger partial charge in [-0.2, -0.15) is 0 Å². The molecule has 0 amide bonds. The third kappa shape index (κ3) is 3.84. The van der Waals surface area contributed by atoms with E-state index in [4.69, 9.17) is 0 Å². The number of Topliss-reactive ketones (excluding diaryl/α,β-unsaturated/α-hetero) is 4. The number of carbonyl (C=O) groups is 6. The molecule has 2 aromatic carbocycles. The van der Waals surface area contributed by atoms with Crippen LogP contribution in [0.3, 0.4) is 0 Å². The van der Waals surface area contributed by atoms with E-state index >= 15 is 0 Å². The monoisotopic (exact) mass is 506 g/mol. The fourth-order valence-corrected chi connectivity index (χ4v) is 4.55. The minimum absolute atomic E-state index is 0. The Morgan fingerprint density at radius 1 is 0.486 bits per heavy atom. The maximum atomic E-state index is 12.2. The van der Waals surface area contributed by atoms with Crippen LogP contribution in [0, 0.1) is 11.8 Å². The van der Waals surface area contributed by atoms with E-state index in [1.807, 2.05) is 0 Å². The third-order valence-corrected chi connectivity index (χ3v) is 6.19.